The number of oxazole rings is 1. The lowest BCUT2D eigenvalue weighted by Crippen LogP contribution is -1.99. The fourth-order valence-corrected chi connectivity index (χ4v) is 1.39. The standard InChI is InChI=1S/C10H10N2O3/c11-5-9-12-7-2-1-6(4-10(13)14)3-8(7)15-9/h1-3H,4-5,11H2,(H,13,14). The van der Waals surface area contributed by atoms with Gasteiger partial charge in [-0.05, 0) is 17.7 Å². The van der Waals surface area contributed by atoms with Crippen LogP contribution < -0.4 is 5.73 Å². The molecule has 0 aliphatic carbocycles. The van der Waals surface area contributed by atoms with Crippen LogP contribution in [0.1, 0.15) is 11.5 Å². The van der Waals surface area contributed by atoms with E-state index >= 15 is 0 Å². The summed E-state index contributed by atoms with van der Waals surface area (Å²) in [6.45, 7) is 0.239. The number of benzene rings is 1. The Balaban J connectivity index is 2.41. The Hall–Kier alpha value is -1.88. The van der Waals surface area contributed by atoms with E-state index in [1.54, 1.807) is 18.2 Å². The summed E-state index contributed by atoms with van der Waals surface area (Å²) in [6.07, 6.45) is -0.0192. The SMILES string of the molecule is NCc1nc2ccc(CC(=O)O)cc2o1. The molecule has 1 heterocycles. The summed E-state index contributed by atoms with van der Waals surface area (Å²) in [7, 11) is 0. The maximum absolute atomic E-state index is 10.5. The molecule has 0 amide bonds. The number of hydrogen-bond donors (Lipinski definition) is 2. The minimum absolute atomic E-state index is 0.0192. The first-order valence-electron chi connectivity index (χ1n) is 4.49. The molecule has 0 saturated carbocycles. The van der Waals surface area contributed by atoms with Crippen LogP contribution in [0.2, 0.25) is 0 Å². The first-order valence-corrected chi connectivity index (χ1v) is 4.49. The van der Waals surface area contributed by atoms with Gasteiger partial charge < -0.3 is 15.3 Å². The molecule has 0 fully saturated rings. The fraction of sp³-hybridized carbons (Fsp3) is 0.200. The van der Waals surface area contributed by atoms with Crippen molar-refractivity contribution in [1.82, 2.24) is 4.98 Å². The Bertz CT molecular complexity index is 504. The van der Waals surface area contributed by atoms with Crippen molar-refractivity contribution >= 4 is 17.1 Å². The zero-order valence-corrected chi connectivity index (χ0v) is 7.93. The number of nitrogens with two attached hydrogens (primary N) is 1. The number of carbonyl (C=O) groups is 1. The zero-order chi connectivity index (χ0) is 10.8. The Kier molecular flexibility index (Phi) is 2.39. The summed E-state index contributed by atoms with van der Waals surface area (Å²) in [4.78, 5) is 14.6. The third kappa shape index (κ3) is 1.97. The molecular weight excluding hydrogens is 196 g/mol. The topological polar surface area (TPSA) is 89.3 Å². The molecule has 5 nitrogen and oxygen atoms in total. The van der Waals surface area contributed by atoms with Gasteiger partial charge in [-0.3, -0.25) is 4.79 Å². The van der Waals surface area contributed by atoms with Gasteiger partial charge in [-0.25, -0.2) is 4.98 Å². The predicted molar refractivity (Wildman–Crippen MR) is 53.2 cm³/mol. The third-order valence-electron chi connectivity index (χ3n) is 2.03. The van der Waals surface area contributed by atoms with Crippen molar-refractivity contribution in [3.63, 3.8) is 0 Å². The van der Waals surface area contributed by atoms with Crippen LogP contribution in [0.15, 0.2) is 22.6 Å². The Labute approximate surface area is 85.5 Å². The summed E-state index contributed by atoms with van der Waals surface area (Å²) in [5, 5.41) is 8.62. The molecule has 0 radical (unpaired) electrons. The van der Waals surface area contributed by atoms with Gasteiger partial charge in [0.1, 0.15) is 5.52 Å². The van der Waals surface area contributed by atoms with Crippen LogP contribution in [0.4, 0.5) is 0 Å². The normalized spacial score (nSPS) is 10.7. The third-order valence-corrected chi connectivity index (χ3v) is 2.03. The van der Waals surface area contributed by atoms with Crippen LogP contribution >= 0.6 is 0 Å². The minimum Gasteiger partial charge on any atom is -0.481 e. The van der Waals surface area contributed by atoms with Crippen LogP contribution in [0.5, 0.6) is 0 Å². The second-order valence-electron chi connectivity index (χ2n) is 3.18. The Morgan fingerprint density at radius 1 is 1.53 bits per heavy atom. The molecule has 1 aromatic heterocycles. The number of carboxylic acids is 1. The van der Waals surface area contributed by atoms with Gasteiger partial charge in [0, 0.05) is 0 Å². The van der Waals surface area contributed by atoms with Gasteiger partial charge >= 0.3 is 5.97 Å². The highest BCUT2D eigenvalue weighted by molar-refractivity contribution is 5.76. The number of nitrogens with zero attached hydrogens (tertiary/aromatic N) is 1. The van der Waals surface area contributed by atoms with E-state index in [-0.39, 0.29) is 13.0 Å². The maximum atomic E-state index is 10.5. The largest absolute Gasteiger partial charge is 0.481 e. The van der Waals surface area contributed by atoms with E-state index in [0.717, 1.165) is 0 Å². The molecule has 0 aliphatic heterocycles. The van der Waals surface area contributed by atoms with Crippen molar-refractivity contribution in [2.75, 3.05) is 0 Å². The molecule has 1 aromatic carbocycles. The van der Waals surface area contributed by atoms with E-state index in [2.05, 4.69) is 4.98 Å². The highest BCUT2D eigenvalue weighted by Crippen LogP contribution is 2.17. The van der Waals surface area contributed by atoms with E-state index in [0.29, 0.717) is 22.6 Å². The van der Waals surface area contributed by atoms with E-state index in [1.165, 1.54) is 0 Å². The lowest BCUT2D eigenvalue weighted by Gasteiger charge is -1.94. The molecule has 3 N–H and O–H groups in total. The van der Waals surface area contributed by atoms with E-state index in [1.807, 2.05) is 0 Å². The van der Waals surface area contributed by atoms with Crippen molar-refractivity contribution in [1.29, 1.82) is 0 Å². The average Bonchev–Trinajstić information content (AvgIpc) is 2.58. The van der Waals surface area contributed by atoms with Crippen LogP contribution in [-0.4, -0.2) is 16.1 Å². The Morgan fingerprint density at radius 3 is 3.00 bits per heavy atom. The summed E-state index contributed by atoms with van der Waals surface area (Å²) in [6, 6.07) is 5.13. The molecule has 0 spiro atoms. The van der Waals surface area contributed by atoms with Gasteiger partial charge in [0.25, 0.3) is 0 Å². The minimum atomic E-state index is -0.868. The van der Waals surface area contributed by atoms with E-state index in [4.69, 9.17) is 15.3 Å². The van der Waals surface area contributed by atoms with Crippen molar-refractivity contribution in [3.8, 4) is 0 Å². The summed E-state index contributed by atoms with van der Waals surface area (Å²) >= 11 is 0. The second kappa shape index (κ2) is 3.70. The monoisotopic (exact) mass is 206 g/mol. The van der Waals surface area contributed by atoms with E-state index in [9.17, 15) is 4.79 Å². The maximum Gasteiger partial charge on any atom is 0.307 e. The molecule has 0 atom stereocenters. The molecule has 5 heteroatoms. The predicted octanol–water partition coefficient (Wildman–Crippen LogP) is 0.914. The van der Waals surface area contributed by atoms with Crippen LogP contribution in [-0.2, 0) is 17.8 Å². The first kappa shape index (κ1) is 9.67. The van der Waals surface area contributed by atoms with Crippen LogP contribution in [0, 0.1) is 0 Å². The van der Waals surface area contributed by atoms with Gasteiger partial charge in [-0.15, -0.1) is 0 Å². The molecule has 15 heavy (non-hydrogen) atoms. The quantitative estimate of drug-likeness (QED) is 0.779. The molecule has 78 valence electrons. The van der Waals surface area contributed by atoms with Crippen LogP contribution in [0.25, 0.3) is 11.1 Å². The highest BCUT2D eigenvalue weighted by Gasteiger charge is 2.06. The van der Waals surface area contributed by atoms with Crippen molar-refractivity contribution in [2.24, 2.45) is 5.73 Å². The van der Waals surface area contributed by atoms with E-state index < -0.39 is 5.97 Å². The molecule has 0 aliphatic rings. The van der Waals surface area contributed by atoms with Gasteiger partial charge in [-0.1, -0.05) is 6.07 Å². The van der Waals surface area contributed by atoms with Crippen molar-refractivity contribution in [2.45, 2.75) is 13.0 Å². The molecule has 0 bridgehead atoms. The molecule has 2 aromatic rings. The number of rotatable bonds is 3. The number of aromatic nitrogens is 1. The smallest absolute Gasteiger partial charge is 0.307 e. The number of hydrogen-bond acceptors (Lipinski definition) is 4. The van der Waals surface area contributed by atoms with Crippen LogP contribution in [0.3, 0.4) is 0 Å². The summed E-state index contributed by atoms with van der Waals surface area (Å²) < 4.78 is 5.31. The lowest BCUT2D eigenvalue weighted by atomic mass is 10.1. The summed E-state index contributed by atoms with van der Waals surface area (Å²) in [5.74, 6) is -0.412. The summed E-state index contributed by atoms with van der Waals surface area (Å²) in [5.41, 5.74) is 7.35. The lowest BCUT2D eigenvalue weighted by molar-refractivity contribution is -0.136. The van der Waals surface area contributed by atoms with Gasteiger partial charge in [0.15, 0.2) is 5.58 Å². The Morgan fingerprint density at radius 2 is 2.33 bits per heavy atom. The zero-order valence-electron chi connectivity index (χ0n) is 7.93. The molecule has 2 rings (SSSR count). The number of fused-ring (bicyclic) bond motifs is 1. The molecule has 0 unspecified atom stereocenters. The second-order valence-corrected chi connectivity index (χ2v) is 3.18. The molecule has 0 saturated heterocycles. The van der Waals surface area contributed by atoms with Gasteiger partial charge in [0.2, 0.25) is 5.89 Å². The van der Waals surface area contributed by atoms with Gasteiger partial charge in [0.05, 0.1) is 13.0 Å². The number of aliphatic carboxylic acids is 1. The van der Waals surface area contributed by atoms with Crippen molar-refractivity contribution in [3.05, 3.63) is 29.7 Å². The van der Waals surface area contributed by atoms with Gasteiger partial charge in [-0.2, -0.15) is 0 Å². The molecular formula is C10H10N2O3. The average molecular weight is 206 g/mol. The fourth-order valence-electron chi connectivity index (χ4n) is 1.39. The first-order chi connectivity index (χ1) is 7.19. The highest BCUT2D eigenvalue weighted by atomic mass is 16.4. The number of carboxylic acid groups (broad SMARTS) is 1. The van der Waals surface area contributed by atoms with Crippen molar-refractivity contribution < 1.29 is 14.3 Å².